The lowest BCUT2D eigenvalue weighted by Gasteiger charge is -2.28. The highest BCUT2D eigenvalue weighted by Gasteiger charge is 2.27. The smallest absolute Gasteiger partial charge is 0.241 e. The molecular weight excluding hydrogens is 564 g/mol. The van der Waals surface area contributed by atoms with E-state index in [1.165, 1.54) is 12.1 Å². The first kappa shape index (κ1) is 29.5. The Balaban J connectivity index is 1.42. The molecule has 2 aromatic heterocycles. The number of rotatable bonds is 8. The van der Waals surface area contributed by atoms with Gasteiger partial charge in [-0.2, -0.15) is 0 Å². The quantitative estimate of drug-likeness (QED) is 0.273. The van der Waals surface area contributed by atoms with Gasteiger partial charge < -0.3 is 20.5 Å². The fourth-order valence-corrected chi connectivity index (χ4v) is 6.05. The monoisotopic (exact) mass is 597 g/mol. The topological polar surface area (TPSA) is 123 Å². The highest BCUT2D eigenvalue weighted by molar-refractivity contribution is 7.90. The molecule has 1 amide bonds. The third kappa shape index (κ3) is 6.13. The van der Waals surface area contributed by atoms with E-state index in [-0.39, 0.29) is 29.3 Å². The summed E-state index contributed by atoms with van der Waals surface area (Å²) in [6.45, 7) is 5.55. The average molecular weight is 598 g/mol. The number of carbonyl (C=O) groups is 1. The number of fused-ring (bicyclic) bond motifs is 1. The first-order chi connectivity index (χ1) is 20.1. The molecule has 0 unspecified atom stereocenters. The number of H-pyrrole nitrogens is 1. The van der Waals surface area contributed by atoms with Gasteiger partial charge in [-0.3, -0.25) is 9.69 Å². The Morgan fingerprint density at radius 1 is 1.10 bits per heavy atom. The molecule has 10 nitrogen and oxygen atoms in total. The highest BCUT2D eigenvalue weighted by atomic mass is 32.2. The maximum Gasteiger partial charge on any atom is 0.241 e. The first-order valence-corrected chi connectivity index (χ1v) is 15.6. The van der Waals surface area contributed by atoms with E-state index in [0.29, 0.717) is 28.6 Å². The van der Waals surface area contributed by atoms with Gasteiger partial charge in [0, 0.05) is 43.0 Å². The molecule has 0 saturated carbocycles. The van der Waals surface area contributed by atoms with Gasteiger partial charge in [0.1, 0.15) is 10.6 Å². The van der Waals surface area contributed by atoms with Crippen LogP contribution in [0.5, 0.6) is 0 Å². The molecular formula is C29H33F2N7O3S. The van der Waals surface area contributed by atoms with Gasteiger partial charge in [0.05, 0.1) is 29.1 Å². The van der Waals surface area contributed by atoms with Gasteiger partial charge in [0.15, 0.2) is 21.5 Å². The van der Waals surface area contributed by atoms with Crippen molar-refractivity contribution in [3.05, 3.63) is 60.4 Å². The van der Waals surface area contributed by atoms with Crippen LogP contribution >= 0.6 is 0 Å². The second-order valence-electron chi connectivity index (χ2n) is 10.4. The van der Waals surface area contributed by atoms with Gasteiger partial charge in [-0.1, -0.05) is 25.1 Å². The Morgan fingerprint density at radius 2 is 1.86 bits per heavy atom. The van der Waals surface area contributed by atoms with Gasteiger partial charge in [-0.25, -0.2) is 27.2 Å². The van der Waals surface area contributed by atoms with E-state index in [9.17, 15) is 17.6 Å². The van der Waals surface area contributed by atoms with Crippen LogP contribution in [-0.2, 0) is 14.6 Å². The normalized spacial score (nSPS) is 15.8. The summed E-state index contributed by atoms with van der Waals surface area (Å²) < 4.78 is 53.7. The van der Waals surface area contributed by atoms with Crippen LogP contribution in [0.3, 0.4) is 0 Å². The lowest BCUT2D eigenvalue weighted by molar-refractivity contribution is -0.121. The van der Waals surface area contributed by atoms with E-state index in [1.807, 2.05) is 6.92 Å². The number of amides is 1. The van der Waals surface area contributed by atoms with Crippen molar-refractivity contribution < 1.29 is 22.0 Å². The molecule has 13 heteroatoms. The molecule has 0 aliphatic carbocycles. The van der Waals surface area contributed by atoms with Gasteiger partial charge >= 0.3 is 0 Å². The number of para-hydroxylation sites is 1. The fraction of sp³-hybridized carbons (Fsp3) is 0.345. The minimum absolute atomic E-state index is 0.0537. The van der Waals surface area contributed by atoms with E-state index in [2.05, 4.69) is 42.4 Å². The molecule has 3 N–H and O–H groups in total. The molecule has 0 spiro atoms. The van der Waals surface area contributed by atoms with Crippen LogP contribution in [-0.4, -0.2) is 84.6 Å². The number of halogens is 2. The van der Waals surface area contributed by atoms with E-state index >= 15 is 4.39 Å². The van der Waals surface area contributed by atoms with E-state index in [1.54, 1.807) is 24.4 Å². The molecule has 0 radical (unpaired) electrons. The molecule has 2 aromatic carbocycles. The Kier molecular flexibility index (Phi) is 8.53. The second-order valence-corrected chi connectivity index (χ2v) is 12.4. The molecule has 1 aliphatic rings. The maximum atomic E-state index is 15.0. The molecule has 3 heterocycles. The predicted octanol–water partition coefficient (Wildman–Crippen LogP) is 4.40. The van der Waals surface area contributed by atoms with Crippen molar-refractivity contribution in [1.82, 2.24) is 24.8 Å². The van der Waals surface area contributed by atoms with Crippen LogP contribution in [0.25, 0.3) is 22.2 Å². The summed E-state index contributed by atoms with van der Waals surface area (Å²) in [6.07, 6.45) is 5.11. The van der Waals surface area contributed by atoms with Crippen LogP contribution in [0.4, 0.5) is 26.1 Å². The fourth-order valence-electron chi connectivity index (χ4n) is 5.29. The molecule has 1 saturated heterocycles. The van der Waals surface area contributed by atoms with Gasteiger partial charge in [-0.05, 0) is 44.6 Å². The summed E-state index contributed by atoms with van der Waals surface area (Å²) in [7, 11) is -1.72. The number of nitrogens with zero attached hydrogens (tertiary/aromatic N) is 4. The van der Waals surface area contributed by atoms with E-state index in [4.69, 9.17) is 0 Å². The number of aromatic amines is 1. The standard InChI is InChI=1S/C29H33F2N7O3S/c1-4-23(38-13-7-12-37(2)14-15-38)28(39)34-22-10-5-8-18-19(16-32-27(18)22)26-20(30)17-33-29(36-26)35-21-9-6-11-24(25(21)31)42(3,40)41/h5-6,8-11,16-17,23,32H,4,7,12-15H2,1-3H3,(H,34,39)(H,33,35,36)/t23-/m0/s1. The van der Waals surface area contributed by atoms with Gasteiger partial charge in [0.2, 0.25) is 11.9 Å². The molecule has 42 heavy (non-hydrogen) atoms. The molecule has 0 bridgehead atoms. The highest BCUT2D eigenvalue weighted by Crippen LogP contribution is 2.34. The van der Waals surface area contributed by atoms with Crippen LogP contribution in [0.1, 0.15) is 19.8 Å². The van der Waals surface area contributed by atoms with Crippen molar-refractivity contribution in [1.29, 1.82) is 0 Å². The van der Waals surface area contributed by atoms with Gasteiger partial charge in [0.25, 0.3) is 0 Å². The maximum absolute atomic E-state index is 15.0. The van der Waals surface area contributed by atoms with Gasteiger partial charge in [-0.15, -0.1) is 0 Å². The zero-order valence-electron chi connectivity index (χ0n) is 23.6. The largest absolute Gasteiger partial charge is 0.359 e. The molecule has 4 aromatic rings. The number of carbonyl (C=O) groups excluding carboxylic acids is 1. The Hall–Kier alpha value is -3.94. The Bertz CT molecular complexity index is 1730. The number of likely N-dealkylation sites (N-methyl/N-ethyl adjacent to an activating group) is 1. The van der Waals surface area contributed by atoms with Crippen molar-refractivity contribution in [2.45, 2.75) is 30.7 Å². The Morgan fingerprint density at radius 3 is 2.62 bits per heavy atom. The summed E-state index contributed by atoms with van der Waals surface area (Å²) in [5.41, 5.74) is 1.35. The van der Waals surface area contributed by atoms with Crippen LogP contribution in [0, 0.1) is 11.6 Å². The number of anilines is 3. The second kappa shape index (κ2) is 12.1. The minimum Gasteiger partial charge on any atom is -0.359 e. The lowest BCUT2D eigenvalue weighted by Crippen LogP contribution is -2.45. The van der Waals surface area contributed by atoms with Crippen molar-refractivity contribution >= 4 is 44.0 Å². The van der Waals surface area contributed by atoms with Crippen molar-refractivity contribution in [2.24, 2.45) is 0 Å². The number of aromatic nitrogens is 3. The van der Waals surface area contributed by atoms with E-state index in [0.717, 1.165) is 51.1 Å². The molecule has 222 valence electrons. The minimum atomic E-state index is -3.81. The molecule has 1 fully saturated rings. The number of hydrogen-bond donors (Lipinski definition) is 3. The predicted molar refractivity (Wildman–Crippen MR) is 158 cm³/mol. The van der Waals surface area contributed by atoms with Crippen LogP contribution < -0.4 is 10.6 Å². The summed E-state index contributed by atoms with van der Waals surface area (Å²) in [6, 6.07) is 8.93. The number of sulfone groups is 1. The number of hydrogen-bond acceptors (Lipinski definition) is 8. The lowest BCUT2D eigenvalue weighted by atomic mass is 10.1. The number of benzene rings is 2. The zero-order valence-corrected chi connectivity index (χ0v) is 24.4. The number of nitrogens with one attached hydrogen (secondary N) is 3. The van der Waals surface area contributed by atoms with Crippen LogP contribution in [0.15, 0.2) is 53.7 Å². The Labute approximate surface area is 243 Å². The van der Waals surface area contributed by atoms with Crippen molar-refractivity contribution in [3.63, 3.8) is 0 Å². The molecule has 1 atom stereocenters. The molecule has 1 aliphatic heterocycles. The summed E-state index contributed by atoms with van der Waals surface area (Å²) in [5, 5.41) is 6.33. The van der Waals surface area contributed by atoms with Crippen LogP contribution in [0.2, 0.25) is 0 Å². The first-order valence-electron chi connectivity index (χ1n) is 13.7. The van der Waals surface area contributed by atoms with Crippen molar-refractivity contribution in [2.75, 3.05) is 50.1 Å². The summed E-state index contributed by atoms with van der Waals surface area (Å²) in [5.74, 6) is -1.93. The third-order valence-corrected chi connectivity index (χ3v) is 8.58. The third-order valence-electron chi connectivity index (χ3n) is 7.47. The van der Waals surface area contributed by atoms with Crippen molar-refractivity contribution in [3.8, 4) is 11.3 Å². The van der Waals surface area contributed by atoms with E-state index < -0.39 is 26.4 Å². The summed E-state index contributed by atoms with van der Waals surface area (Å²) in [4.78, 5) is 28.7. The molecule has 5 rings (SSSR count). The SMILES string of the molecule is CC[C@@H](C(=O)Nc1cccc2c(-c3nc(Nc4cccc(S(C)(=O)=O)c4F)ncc3F)c[nH]c12)N1CCCN(C)CC1. The average Bonchev–Trinajstić information content (AvgIpc) is 3.27. The zero-order chi connectivity index (χ0) is 30.0. The summed E-state index contributed by atoms with van der Waals surface area (Å²) >= 11 is 0.